The maximum Gasteiger partial charge on any atom is 0.330 e. The Morgan fingerprint density at radius 2 is 1.37 bits per heavy atom. The first-order chi connectivity index (χ1) is 13.8. The van der Waals surface area contributed by atoms with Crippen molar-refractivity contribution in [1.29, 1.82) is 0 Å². The van der Waals surface area contributed by atoms with Crippen molar-refractivity contribution >= 4 is 50.3 Å². The van der Waals surface area contributed by atoms with Gasteiger partial charge in [0.25, 0.3) is 0 Å². The molecule has 3 aromatic rings. The molecule has 0 aliphatic heterocycles. The third-order valence-corrected chi connectivity index (χ3v) is 5.61. The van der Waals surface area contributed by atoms with E-state index in [1.165, 1.54) is 0 Å². The van der Waals surface area contributed by atoms with Crippen LogP contribution in [0.3, 0.4) is 0 Å². The molecule has 0 aromatic heterocycles. The summed E-state index contributed by atoms with van der Waals surface area (Å²) in [6.45, 7) is 7.00. The van der Waals surface area contributed by atoms with Gasteiger partial charge in [-0.05, 0) is 50.1 Å². The van der Waals surface area contributed by atoms with Crippen LogP contribution in [0.1, 0.15) is 27.7 Å². The van der Waals surface area contributed by atoms with Crippen molar-refractivity contribution in [3.63, 3.8) is 0 Å². The van der Waals surface area contributed by atoms with E-state index >= 15 is 0 Å². The minimum Gasteiger partial charge on any atom is -0.508 e. The van der Waals surface area contributed by atoms with E-state index in [9.17, 15) is 20.4 Å². The van der Waals surface area contributed by atoms with E-state index in [0.717, 1.165) is 16.2 Å². The van der Waals surface area contributed by atoms with Crippen LogP contribution in [-0.4, -0.2) is 54.8 Å². The molecule has 0 saturated heterocycles. The second-order valence-corrected chi connectivity index (χ2v) is 8.37. The molecule has 0 amide bonds. The Morgan fingerprint density at radius 1 is 0.800 bits per heavy atom. The summed E-state index contributed by atoms with van der Waals surface area (Å²) in [5, 5.41) is 42.5. The molecule has 0 spiro atoms. The summed E-state index contributed by atoms with van der Waals surface area (Å²) < 4.78 is 5.80. The lowest BCUT2D eigenvalue weighted by Gasteiger charge is -2.37. The van der Waals surface area contributed by atoms with Crippen molar-refractivity contribution in [3.05, 3.63) is 36.4 Å². The van der Waals surface area contributed by atoms with Gasteiger partial charge in [-0.25, -0.2) is 0 Å². The number of rotatable bonds is 5. The Balaban J connectivity index is 1.96. The summed E-state index contributed by atoms with van der Waals surface area (Å²) >= 11 is 0. The van der Waals surface area contributed by atoms with Crippen LogP contribution in [0.2, 0.25) is 0 Å². The smallest absolute Gasteiger partial charge is 0.330 e. The molecule has 8 heteroatoms. The number of benzene rings is 3. The molecule has 149 valence electrons. The fraction of sp³-hybridized carbons (Fsp3) is 0.273. The lowest BCUT2D eigenvalue weighted by Crippen LogP contribution is -2.49. The highest BCUT2D eigenvalue weighted by atomic mass is 16.5. The Labute approximate surface area is 179 Å². The molecule has 5 nitrogen and oxygen atoms in total. The van der Waals surface area contributed by atoms with Crippen molar-refractivity contribution in [2.75, 3.05) is 0 Å². The SMILES string of the molecule is [B]c1c([B])c(O)c(-c2ccc3cc([B]OC(C)(C)C(C)(C)O)ccc3c2)c(O)c1O. The molecule has 0 unspecified atom stereocenters. The minimum absolute atomic E-state index is 0.00648. The molecule has 5 radical (unpaired) electrons. The van der Waals surface area contributed by atoms with Gasteiger partial charge in [0.05, 0.1) is 16.8 Å². The van der Waals surface area contributed by atoms with Crippen molar-refractivity contribution < 1.29 is 25.1 Å². The van der Waals surface area contributed by atoms with Gasteiger partial charge in [-0.3, -0.25) is 0 Å². The van der Waals surface area contributed by atoms with E-state index in [-0.39, 0.29) is 16.5 Å². The fourth-order valence-electron chi connectivity index (χ4n) is 2.87. The third-order valence-electron chi connectivity index (χ3n) is 5.61. The van der Waals surface area contributed by atoms with E-state index in [1.807, 2.05) is 38.1 Å². The van der Waals surface area contributed by atoms with Gasteiger partial charge in [-0.1, -0.05) is 46.7 Å². The van der Waals surface area contributed by atoms with E-state index in [0.29, 0.717) is 5.56 Å². The largest absolute Gasteiger partial charge is 0.508 e. The van der Waals surface area contributed by atoms with Crippen LogP contribution in [0.5, 0.6) is 17.2 Å². The van der Waals surface area contributed by atoms with Crippen LogP contribution in [0.15, 0.2) is 36.4 Å². The monoisotopic (exact) mass is 399 g/mol. The van der Waals surface area contributed by atoms with E-state index in [4.69, 9.17) is 20.3 Å². The van der Waals surface area contributed by atoms with Crippen LogP contribution in [-0.2, 0) is 4.65 Å². The first-order valence-electron chi connectivity index (χ1n) is 9.43. The number of phenols is 3. The minimum atomic E-state index is -1.02. The second-order valence-electron chi connectivity index (χ2n) is 8.37. The van der Waals surface area contributed by atoms with Crippen molar-refractivity contribution in [3.8, 4) is 28.4 Å². The maximum atomic E-state index is 10.3. The van der Waals surface area contributed by atoms with Crippen LogP contribution in [0, 0.1) is 0 Å². The Bertz CT molecular complexity index is 1090. The van der Waals surface area contributed by atoms with Gasteiger partial charge in [-0.15, -0.1) is 0 Å². The summed E-state index contributed by atoms with van der Waals surface area (Å²) in [5.74, 6) is -1.50. The summed E-state index contributed by atoms with van der Waals surface area (Å²) in [7, 11) is 12.9. The molecule has 0 heterocycles. The van der Waals surface area contributed by atoms with Gasteiger partial charge in [0.1, 0.15) is 21.4 Å². The molecule has 4 N–H and O–H groups in total. The highest BCUT2D eigenvalue weighted by Gasteiger charge is 2.35. The van der Waals surface area contributed by atoms with Gasteiger partial charge < -0.3 is 25.1 Å². The first kappa shape index (κ1) is 22.1. The standard InChI is InChI=1S/C22H22B3O5/c1-21(2,29)22(3,4)30-25-14-8-7-11-9-13(6-5-12(11)10-14)15-18(26)16(23)17(24)20(28)19(15)27/h5-10,26-29H,1-4H3. The average molecular weight is 399 g/mol. The summed E-state index contributed by atoms with van der Waals surface area (Å²) in [6.07, 6.45) is 0. The average Bonchev–Trinajstić information content (AvgIpc) is 2.68. The van der Waals surface area contributed by atoms with Gasteiger partial charge in [0.15, 0.2) is 11.5 Å². The van der Waals surface area contributed by atoms with Gasteiger partial charge in [-0.2, -0.15) is 0 Å². The highest BCUT2D eigenvalue weighted by molar-refractivity contribution is 6.51. The normalized spacial score (nSPS) is 12.3. The van der Waals surface area contributed by atoms with Gasteiger partial charge in [0.2, 0.25) is 0 Å². The molecule has 0 fully saturated rings. The zero-order valence-electron chi connectivity index (χ0n) is 17.4. The molecule has 30 heavy (non-hydrogen) atoms. The van der Waals surface area contributed by atoms with Crippen LogP contribution in [0.4, 0.5) is 0 Å². The topological polar surface area (TPSA) is 90.2 Å². The summed E-state index contributed by atoms with van der Waals surface area (Å²) in [5.41, 5.74) is -0.986. The van der Waals surface area contributed by atoms with Crippen LogP contribution < -0.4 is 16.4 Å². The van der Waals surface area contributed by atoms with E-state index in [1.54, 1.807) is 33.5 Å². The number of aromatic hydroxyl groups is 3. The number of fused-ring (bicyclic) bond motifs is 1. The number of phenolic OH excluding ortho intramolecular Hbond substituents is 3. The summed E-state index contributed by atoms with van der Waals surface area (Å²) in [6, 6.07) is 10.9. The Kier molecular flexibility index (Phi) is 5.61. The molecule has 0 bridgehead atoms. The van der Waals surface area contributed by atoms with Gasteiger partial charge >= 0.3 is 7.48 Å². The lowest BCUT2D eigenvalue weighted by atomic mass is 9.77. The maximum absolute atomic E-state index is 10.3. The predicted molar refractivity (Wildman–Crippen MR) is 122 cm³/mol. The Morgan fingerprint density at radius 3 is 2.00 bits per heavy atom. The third kappa shape index (κ3) is 3.90. The van der Waals surface area contributed by atoms with Crippen molar-refractivity contribution in [2.24, 2.45) is 0 Å². The number of aliphatic hydroxyl groups is 1. The van der Waals surface area contributed by atoms with Gasteiger partial charge in [0, 0.05) is 0 Å². The summed E-state index contributed by atoms with van der Waals surface area (Å²) in [4.78, 5) is 0. The van der Waals surface area contributed by atoms with E-state index < -0.39 is 28.5 Å². The molecule has 0 aliphatic carbocycles. The zero-order valence-corrected chi connectivity index (χ0v) is 17.4. The Hall–Kier alpha value is -2.57. The first-order valence-corrected chi connectivity index (χ1v) is 9.43. The van der Waals surface area contributed by atoms with Crippen molar-refractivity contribution in [1.82, 2.24) is 0 Å². The molecule has 3 rings (SSSR count). The molecule has 0 saturated carbocycles. The van der Waals surface area contributed by atoms with Crippen molar-refractivity contribution in [2.45, 2.75) is 38.9 Å². The number of hydrogen-bond acceptors (Lipinski definition) is 5. The van der Waals surface area contributed by atoms with Crippen LogP contribution in [0.25, 0.3) is 21.9 Å². The zero-order chi connectivity index (χ0) is 22.4. The quantitative estimate of drug-likeness (QED) is 0.293. The van der Waals surface area contributed by atoms with Crippen LogP contribution >= 0.6 is 0 Å². The molecule has 3 aromatic carbocycles. The fourth-order valence-corrected chi connectivity index (χ4v) is 2.87. The predicted octanol–water partition coefficient (Wildman–Crippen LogP) is 1.02. The molecular weight excluding hydrogens is 377 g/mol. The molecule has 0 aliphatic rings. The molecular formula is C22H22B3O5. The van der Waals surface area contributed by atoms with E-state index in [2.05, 4.69) is 0 Å². The highest BCUT2D eigenvalue weighted by Crippen LogP contribution is 2.41. The second kappa shape index (κ2) is 7.60. The molecule has 0 atom stereocenters. The number of hydrogen-bond donors (Lipinski definition) is 4. The lowest BCUT2D eigenvalue weighted by molar-refractivity contribution is -0.0893.